The van der Waals surface area contributed by atoms with Crippen molar-refractivity contribution in [2.75, 3.05) is 11.1 Å². The maximum absolute atomic E-state index is 10.6. The van der Waals surface area contributed by atoms with Crippen molar-refractivity contribution in [2.45, 2.75) is 12.1 Å². The Hall–Kier alpha value is -1.31. The Balaban J connectivity index is 2.19. The Morgan fingerprint density at radius 3 is 2.86 bits per heavy atom. The Bertz CT molecular complexity index is 684. The van der Waals surface area contributed by atoms with E-state index in [0.717, 1.165) is 27.5 Å². The Morgan fingerprint density at radius 2 is 2.19 bits per heavy atom. The summed E-state index contributed by atoms with van der Waals surface area (Å²) in [6.45, 7) is 1.98. The third-order valence-corrected chi connectivity index (χ3v) is 4.34. The number of hydrogen-bond donors (Lipinski definition) is 2. The van der Waals surface area contributed by atoms with E-state index in [-0.39, 0.29) is 10.9 Å². The lowest BCUT2D eigenvalue weighted by atomic mass is 10.2. The van der Waals surface area contributed by atoms with Crippen LogP contribution < -0.4 is 5.32 Å². The van der Waals surface area contributed by atoms with E-state index in [0.29, 0.717) is 11.0 Å². The highest BCUT2D eigenvalue weighted by Crippen LogP contribution is 2.25. The summed E-state index contributed by atoms with van der Waals surface area (Å²) >= 11 is 10.4. The van der Waals surface area contributed by atoms with Crippen LogP contribution in [0.2, 0.25) is 5.15 Å². The summed E-state index contributed by atoms with van der Waals surface area (Å²) < 4.78 is 1.02. The minimum atomic E-state index is -0.929. The second-order valence-corrected chi connectivity index (χ2v) is 6.31. The van der Waals surface area contributed by atoms with Gasteiger partial charge in [-0.25, -0.2) is 9.97 Å². The van der Waals surface area contributed by atoms with Gasteiger partial charge in [-0.3, -0.25) is 4.79 Å². The van der Waals surface area contributed by atoms with E-state index in [4.69, 9.17) is 16.7 Å². The summed E-state index contributed by atoms with van der Waals surface area (Å²) in [5.74, 6) is -0.525. The summed E-state index contributed by atoms with van der Waals surface area (Å²) in [5, 5.41) is 12.4. The van der Waals surface area contributed by atoms with Gasteiger partial charge in [0.25, 0.3) is 0 Å². The number of aromatic nitrogens is 2. The van der Waals surface area contributed by atoms with Gasteiger partial charge in [-0.15, -0.1) is 0 Å². The SMILES string of the molecule is Cc1cc(Nc2cc(Cl)nc(SCC(=O)O)n2)ccc1Br. The zero-order valence-corrected chi connectivity index (χ0v) is 14.1. The average Bonchev–Trinajstić information content (AvgIpc) is 2.40. The summed E-state index contributed by atoms with van der Waals surface area (Å²) in [6.07, 6.45) is 0. The van der Waals surface area contributed by atoms with Gasteiger partial charge in [-0.1, -0.05) is 39.3 Å². The number of carboxylic acid groups (broad SMARTS) is 1. The molecule has 21 heavy (non-hydrogen) atoms. The number of aryl methyl sites for hydroxylation is 1. The molecule has 0 saturated carbocycles. The molecule has 0 bridgehead atoms. The van der Waals surface area contributed by atoms with Gasteiger partial charge in [0.2, 0.25) is 0 Å². The van der Waals surface area contributed by atoms with Gasteiger partial charge >= 0.3 is 5.97 Å². The molecule has 5 nitrogen and oxygen atoms in total. The molecule has 2 rings (SSSR count). The maximum atomic E-state index is 10.6. The van der Waals surface area contributed by atoms with Crippen molar-refractivity contribution in [3.05, 3.63) is 39.5 Å². The number of carboxylic acids is 1. The van der Waals surface area contributed by atoms with Crippen LogP contribution in [0.4, 0.5) is 11.5 Å². The highest BCUT2D eigenvalue weighted by molar-refractivity contribution is 9.10. The van der Waals surface area contributed by atoms with Crippen LogP contribution in [0.1, 0.15) is 5.56 Å². The first kappa shape index (κ1) is 16.1. The predicted octanol–water partition coefficient (Wildman–Crippen LogP) is 4.12. The second kappa shape index (κ2) is 7.11. The number of hydrogen-bond acceptors (Lipinski definition) is 5. The molecule has 0 atom stereocenters. The number of nitrogens with one attached hydrogen (secondary N) is 1. The summed E-state index contributed by atoms with van der Waals surface area (Å²) in [7, 11) is 0. The number of carbonyl (C=O) groups is 1. The molecule has 110 valence electrons. The monoisotopic (exact) mass is 387 g/mol. The summed E-state index contributed by atoms with van der Waals surface area (Å²) in [6, 6.07) is 7.38. The molecule has 2 aromatic rings. The zero-order valence-electron chi connectivity index (χ0n) is 10.9. The minimum absolute atomic E-state index is 0.114. The highest BCUT2D eigenvalue weighted by Gasteiger charge is 2.07. The fourth-order valence-electron chi connectivity index (χ4n) is 1.52. The van der Waals surface area contributed by atoms with E-state index in [1.807, 2.05) is 25.1 Å². The highest BCUT2D eigenvalue weighted by atomic mass is 79.9. The first-order chi connectivity index (χ1) is 9.94. The third kappa shape index (κ3) is 4.87. The van der Waals surface area contributed by atoms with Gasteiger partial charge in [0.05, 0.1) is 5.75 Å². The van der Waals surface area contributed by atoms with Crippen molar-refractivity contribution in [1.29, 1.82) is 0 Å². The number of halogens is 2. The lowest BCUT2D eigenvalue weighted by Gasteiger charge is -2.09. The van der Waals surface area contributed by atoms with E-state index < -0.39 is 5.97 Å². The van der Waals surface area contributed by atoms with Crippen molar-refractivity contribution >= 4 is 56.8 Å². The number of aliphatic carboxylic acids is 1. The summed E-state index contributed by atoms with van der Waals surface area (Å²) in [5.41, 5.74) is 1.94. The first-order valence-electron chi connectivity index (χ1n) is 5.86. The maximum Gasteiger partial charge on any atom is 0.313 e. The van der Waals surface area contributed by atoms with Crippen LogP contribution in [0.5, 0.6) is 0 Å². The van der Waals surface area contributed by atoms with Crippen LogP contribution in [-0.4, -0.2) is 26.8 Å². The van der Waals surface area contributed by atoms with Crippen LogP contribution >= 0.6 is 39.3 Å². The van der Waals surface area contributed by atoms with Crippen LogP contribution in [0.3, 0.4) is 0 Å². The van der Waals surface area contributed by atoms with Gasteiger partial charge < -0.3 is 10.4 Å². The van der Waals surface area contributed by atoms with Crippen LogP contribution in [0.15, 0.2) is 33.9 Å². The van der Waals surface area contributed by atoms with Crippen molar-refractivity contribution in [3.63, 3.8) is 0 Å². The van der Waals surface area contributed by atoms with Crippen molar-refractivity contribution < 1.29 is 9.90 Å². The largest absolute Gasteiger partial charge is 0.481 e. The van der Waals surface area contributed by atoms with E-state index in [1.54, 1.807) is 6.07 Å². The molecular weight excluding hydrogens is 378 g/mol. The standard InChI is InChI=1S/C13H11BrClN3O2S/c1-7-4-8(2-3-9(7)14)16-11-5-10(15)17-13(18-11)21-6-12(19)20/h2-5H,6H2,1H3,(H,19,20)(H,16,17,18). The molecule has 1 aromatic heterocycles. The Morgan fingerprint density at radius 1 is 1.43 bits per heavy atom. The van der Waals surface area contributed by atoms with E-state index in [2.05, 4.69) is 31.2 Å². The van der Waals surface area contributed by atoms with Crippen molar-refractivity contribution in [2.24, 2.45) is 0 Å². The number of thioether (sulfide) groups is 1. The average molecular weight is 389 g/mol. The predicted molar refractivity (Wildman–Crippen MR) is 87.6 cm³/mol. The number of benzene rings is 1. The van der Waals surface area contributed by atoms with Crippen LogP contribution in [0.25, 0.3) is 0 Å². The smallest absolute Gasteiger partial charge is 0.313 e. The minimum Gasteiger partial charge on any atom is -0.481 e. The molecule has 1 aromatic carbocycles. The molecule has 1 heterocycles. The molecule has 0 aliphatic rings. The zero-order chi connectivity index (χ0) is 15.4. The summed E-state index contributed by atoms with van der Waals surface area (Å²) in [4.78, 5) is 18.8. The number of anilines is 2. The molecule has 0 radical (unpaired) electrons. The fourth-order valence-corrected chi connectivity index (χ4v) is 2.58. The molecule has 0 aliphatic heterocycles. The van der Waals surface area contributed by atoms with Crippen LogP contribution in [0, 0.1) is 6.92 Å². The topological polar surface area (TPSA) is 75.1 Å². The van der Waals surface area contributed by atoms with Gasteiger partial charge in [0.15, 0.2) is 5.16 Å². The Kier molecular flexibility index (Phi) is 5.44. The molecule has 0 saturated heterocycles. The quantitative estimate of drug-likeness (QED) is 0.456. The molecule has 0 fully saturated rings. The van der Waals surface area contributed by atoms with E-state index in [1.165, 1.54) is 0 Å². The number of rotatable bonds is 5. The third-order valence-electron chi connectivity index (χ3n) is 2.43. The molecule has 8 heteroatoms. The second-order valence-electron chi connectivity index (χ2n) is 4.13. The van der Waals surface area contributed by atoms with E-state index in [9.17, 15) is 4.79 Å². The van der Waals surface area contributed by atoms with Crippen molar-refractivity contribution in [3.8, 4) is 0 Å². The van der Waals surface area contributed by atoms with Gasteiger partial charge in [-0.2, -0.15) is 0 Å². The first-order valence-corrected chi connectivity index (χ1v) is 8.02. The fraction of sp³-hybridized carbons (Fsp3) is 0.154. The van der Waals surface area contributed by atoms with Crippen LogP contribution in [-0.2, 0) is 4.79 Å². The van der Waals surface area contributed by atoms with Gasteiger partial charge in [0, 0.05) is 16.2 Å². The normalized spacial score (nSPS) is 10.4. The van der Waals surface area contributed by atoms with E-state index >= 15 is 0 Å². The molecule has 0 unspecified atom stereocenters. The van der Waals surface area contributed by atoms with Gasteiger partial charge in [0.1, 0.15) is 11.0 Å². The molecule has 2 N–H and O–H groups in total. The molecule has 0 aliphatic carbocycles. The number of nitrogens with zero attached hydrogens (tertiary/aromatic N) is 2. The molecule has 0 amide bonds. The lowest BCUT2D eigenvalue weighted by Crippen LogP contribution is -2.01. The van der Waals surface area contributed by atoms with Crippen molar-refractivity contribution in [1.82, 2.24) is 9.97 Å². The molecule has 0 spiro atoms. The lowest BCUT2D eigenvalue weighted by molar-refractivity contribution is -0.133. The Labute approximate surface area is 139 Å². The molecular formula is C13H11BrClN3O2S. The van der Waals surface area contributed by atoms with Gasteiger partial charge in [-0.05, 0) is 30.7 Å².